The first-order chi connectivity index (χ1) is 22.0. The predicted molar refractivity (Wildman–Crippen MR) is 167 cm³/mol. The van der Waals surface area contributed by atoms with E-state index >= 15 is 0 Å². The molecule has 2 aromatic heterocycles. The Morgan fingerprint density at radius 3 is 2.52 bits per heavy atom. The molecule has 14 heteroatoms. The van der Waals surface area contributed by atoms with Gasteiger partial charge in [0.1, 0.15) is 34.4 Å². The smallest absolute Gasteiger partial charge is 0.266 e. The number of nitrogens with zero attached hydrogens (tertiary/aromatic N) is 5. The summed E-state index contributed by atoms with van der Waals surface area (Å²) in [6, 6.07) is 10.2. The lowest BCUT2D eigenvalue weighted by Crippen LogP contribution is -2.54. The Bertz CT molecular complexity index is 2050. The van der Waals surface area contributed by atoms with Crippen molar-refractivity contribution in [1.82, 2.24) is 25.0 Å². The largest absolute Gasteiger partial charge is 0.445 e. The Kier molecular flexibility index (Phi) is 7.17. The molecule has 0 spiro atoms. The second-order valence-corrected chi connectivity index (χ2v) is 12.7. The molecule has 0 radical (unpaired) electrons. The third-order valence-corrected chi connectivity index (χ3v) is 9.60. The molecule has 1 unspecified atom stereocenters. The van der Waals surface area contributed by atoms with Gasteiger partial charge in [-0.1, -0.05) is 41.1 Å². The number of ketones is 1. The zero-order valence-corrected chi connectivity index (χ0v) is 26.4. The number of aliphatic imine (C=N–C) groups is 1. The molecule has 1 saturated heterocycles. The van der Waals surface area contributed by atoms with E-state index < -0.39 is 35.7 Å². The molecule has 1 N–H and O–H groups in total. The fourth-order valence-electron chi connectivity index (χ4n) is 6.04. The highest BCUT2D eigenvalue weighted by molar-refractivity contribution is 7.17. The van der Waals surface area contributed by atoms with Crippen molar-refractivity contribution in [3.05, 3.63) is 87.0 Å². The van der Waals surface area contributed by atoms with Crippen LogP contribution in [-0.2, 0) is 14.4 Å². The van der Waals surface area contributed by atoms with Gasteiger partial charge >= 0.3 is 0 Å². The number of ether oxygens (including phenoxy) is 1. The molecule has 3 aliphatic rings. The van der Waals surface area contributed by atoms with Crippen LogP contribution in [0.15, 0.2) is 47.5 Å². The maximum absolute atomic E-state index is 13.7. The van der Waals surface area contributed by atoms with Gasteiger partial charge in [-0.05, 0) is 51.5 Å². The monoisotopic (exact) mass is 656 g/mol. The third-order valence-electron chi connectivity index (χ3n) is 8.19. The number of piperidine rings is 1. The standard InChI is InChI=1S/C32H25ClN6O6S/c1-14(40)13-20-27-37-36-16(3)38(27)31-24(26(34-20)17-7-9-18(33)10-8-17)15(2)32(46-31)45-22-6-4-5-19-25(22)30(44)39(29(19)43)21-11-12-23(41)35-28(21)42/h4-10,20-21H,11-13H2,1-3H3,(H,35,41,42)/t20-,21?/m0/s1. The SMILES string of the molecule is CC(=O)C[C@@H]1N=C(c2ccc(Cl)cc2)c2c(sc(Oc3cccc4c3C(=O)N(C3CCC(=O)NC3=O)C4=O)c2C)-n2c(C)nnc21. The highest BCUT2D eigenvalue weighted by atomic mass is 35.5. The lowest BCUT2D eigenvalue weighted by atomic mass is 10.0. The molecule has 2 atom stereocenters. The summed E-state index contributed by atoms with van der Waals surface area (Å²) >= 11 is 7.50. The highest BCUT2D eigenvalue weighted by Gasteiger charge is 2.46. The number of Topliss-reactive ketones (excluding diaryl/α,β-unsaturated/α-hetero) is 1. The second kappa shape index (κ2) is 11.1. The van der Waals surface area contributed by atoms with E-state index in [1.165, 1.54) is 24.3 Å². The Balaban J connectivity index is 1.34. The number of benzene rings is 2. The van der Waals surface area contributed by atoms with Crippen molar-refractivity contribution in [2.75, 3.05) is 0 Å². The topological polar surface area (TPSA) is 153 Å². The summed E-state index contributed by atoms with van der Waals surface area (Å²) in [6.07, 6.45) is 0.187. The van der Waals surface area contributed by atoms with Crippen LogP contribution in [0, 0.1) is 13.8 Å². The lowest BCUT2D eigenvalue weighted by molar-refractivity contribution is -0.136. The van der Waals surface area contributed by atoms with Crippen LogP contribution in [0.2, 0.25) is 5.02 Å². The molecular weight excluding hydrogens is 632 g/mol. The first kappa shape index (κ1) is 29.7. The summed E-state index contributed by atoms with van der Waals surface area (Å²) in [5.74, 6) is -1.25. The number of thiophene rings is 1. The zero-order chi connectivity index (χ0) is 32.4. The molecule has 4 amide bonds. The number of aromatic nitrogens is 3. The number of hydrogen-bond donors (Lipinski definition) is 1. The van der Waals surface area contributed by atoms with E-state index in [1.54, 1.807) is 24.3 Å². The van der Waals surface area contributed by atoms with E-state index in [2.05, 4.69) is 15.5 Å². The van der Waals surface area contributed by atoms with Crippen LogP contribution in [0.4, 0.5) is 0 Å². The Hall–Kier alpha value is -5.01. The zero-order valence-electron chi connectivity index (χ0n) is 24.8. The van der Waals surface area contributed by atoms with Gasteiger partial charge in [0.15, 0.2) is 10.9 Å². The van der Waals surface area contributed by atoms with Crippen LogP contribution < -0.4 is 10.1 Å². The molecule has 2 aromatic carbocycles. The summed E-state index contributed by atoms with van der Waals surface area (Å²) < 4.78 is 8.32. The van der Waals surface area contributed by atoms with Crippen molar-refractivity contribution in [3.8, 4) is 15.8 Å². The van der Waals surface area contributed by atoms with Gasteiger partial charge in [-0.15, -0.1) is 10.2 Å². The molecule has 7 rings (SSSR count). The molecular formula is C32H25ClN6O6S. The molecule has 5 heterocycles. The normalized spacial score (nSPS) is 18.9. The number of carbonyl (C=O) groups excluding carboxylic acids is 5. The number of halogens is 1. The summed E-state index contributed by atoms with van der Waals surface area (Å²) in [4.78, 5) is 69.7. The maximum Gasteiger partial charge on any atom is 0.266 e. The third kappa shape index (κ3) is 4.74. The summed E-state index contributed by atoms with van der Waals surface area (Å²) in [5, 5.41) is 12.6. The number of rotatable bonds is 6. The van der Waals surface area contributed by atoms with Crippen LogP contribution in [0.1, 0.15) is 81.3 Å². The van der Waals surface area contributed by atoms with Gasteiger partial charge in [0, 0.05) is 34.6 Å². The predicted octanol–water partition coefficient (Wildman–Crippen LogP) is 4.66. The molecule has 46 heavy (non-hydrogen) atoms. The van der Waals surface area contributed by atoms with E-state index in [4.69, 9.17) is 21.3 Å². The fraction of sp³-hybridized carbons (Fsp3) is 0.250. The van der Waals surface area contributed by atoms with Gasteiger partial charge in [0.2, 0.25) is 11.8 Å². The van der Waals surface area contributed by atoms with Crippen molar-refractivity contribution in [2.24, 2.45) is 4.99 Å². The van der Waals surface area contributed by atoms with Crippen molar-refractivity contribution < 1.29 is 28.7 Å². The lowest BCUT2D eigenvalue weighted by Gasteiger charge is -2.27. The minimum Gasteiger partial charge on any atom is -0.445 e. The summed E-state index contributed by atoms with van der Waals surface area (Å²) in [5.41, 5.74) is 2.96. The van der Waals surface area contributed by atoms with Crippen molar-refractivity contribution in [3.63, 3.8) is 0 Å². The molecule has 1 fully saturated rings. The summed E-state index contributed by atoms with van der Waals surface area (Å²) in [6.45, 7) is 5.19. The maximum atomic E-state index is 13.7. The van der Waals surface area contributed by atoms with Gasteiger partial charge in [0.25, 0.3) is 11.8 Å². The Morgan fingerprint density at radius 1 is 1.04 bits per heavy atom. The molecule has 232 valence electrons. The van der Waals surface area contributed by atoms with E-state index in [9.17, 15) is 24.0 Å². The number of amides is 4. The molecule has 12 nitrogen and oxygen atoms in total. The fourth-order valence-corrected chi connectivity index (χ4v) is 7.40. The Labute approximate surface area is 271 Å². The van der Waals surface area contributed by atoms with E-state index in [0.29, 0.717) is 38.0 Å². The van der Waals surface area contributed by atoms with Crippen LogP contribution in [0.3, 0.4) is 0 Å². The number of carbonyl (C=O) groups is 5. The number of hydrogen-bond acceptors (Lipinski definition) is 10. The quantitative estimate of drug-likeness (QED) is 0.294. The number of nitrogens with one attached hydrogen (secondary N) is 1. The van der Waals surface area contributed by atoms with Crippen LogP contribution in [0.5, 0.6) is 10.8 Å². The van der Waals surface area contributed by atoms with Crippen LogP contribution in [-0.4, -0.2) is 60.8 Å². The van der Waals surface area contributed by atoms with E-state index in [0.717, 1.165) is 16.0 Å². The minimum atomic E-state index is -1.10. The summed E-state index contributed by atoms with van der Waals surface area (Å²) in [7, 11) is 0. The highest BCUT2D eigenvalue weighted by Crippen LogP contribution is 2.46. The van der Waals surface area contributed by atoms with Crippen molar-refractivity contribution >= 4 is 58.1 Å². The number of aryl methyl sites for hydroxylation is 1. The van der Waals surface area contributed by atoms with Gasteiger partial charge in [-0.3, -0.25) is 43.7 Å². The number of imide groups is 2. The average molecular weight is 657 g/mol. The minimum absolute atomic E-state index is 0.0163. The molecule has 4 aromatic rings. The average Bonchev–Trinajstić information content (AvgIpc) is 3.59. The molecule has 0 saturated carbocycles. The van der Waals surface area contributed by atoms with Gasteiger partial charge in [0.05, 0.1) is 16.8 Å². The first-order valence-corrected chi connectivity index (χ1v) is 15.6. The van der Waals surface area contributed by atoms with Gasteiger partial charge < -0.3 is 4.74 Å². The molecule has 0 bridgehead atoms. The van der Waals surface area contributed by atoms with Gasteiger partial charge in [-0.25, -0.2) is 0 Å². The Morgan fingerprint density at radius 2 is 1.80 bits per heavy atom. The van der Waals surface area contributed by atoms with Crippen LogP contribution in [0.25, 0.3) is 5.00 Å². The number of fused-ring (bicyclic) bond motifs is 4. The second-order valence-electron chi connectivity index (χ2n) is 11.3. The molecule has 0 aliphatic carbocycles. The van der Waals surface area contributed by atoms with E-state index in [-0.39, 0.29) is 41.9 Å². The van der Waals surface area contributed by atoms with Crippen molar-refractivity contribution in [2.45, 2.75) is 52.1 Å². The van der Waals surface area contributed by atoms with E-state index in [1.807, 2.05) is 30.5 Å². The van der Waals surface area contributed by atoms with Crippen LogP contribution >= 0.6 is 22.9 Å². The van der Waals surface area contributed by atoms with Crippen molar-refractivity contribution in [1.29, 1.82) is 0 Å². The molecule has 3 aliphatic heterocycles. The van der Waals surface area contributed by atoms with Gasteiger partial charge in [-0.2, -0.15) is 0 Å². The first-order valence-electron chi connectivity index (χ1n) is 14.4.